The Balaban J connectivity index is 1.68. The average molecular weight is 343 g/mol. The number of nitriles is 1. The van der Waals surface area contributed by atoms with Crippen LogP contribution in [0.1, 0.15) is 27.0 Å². The molecule has 0 spiro atoms. The van der Waals surface area contributed by atoms with Gasteiger partial charge in [-0.3, -0.25) is 4.79 Å². The molecule has 0 radical (unpaired) electrons. The SMILES string of the molecule is Cc1cc(C)cc(NC(=O)c2cnc(Nc3ccc(C#N)cc3)nc2)c1. The molecule has 0 saturated heterocycles. The predicted octanol–water partition coefficient (Wildman–Crippen LogP) is 3.96. The molecule has 3 rings (SSSR count). The number of carbonyl (C=O) groups is 1. The first kappa shape index (κ1) is 17.1. The molecule has 2 N–H and O–H groups in total. The zero-order valence-corrected chi connectivity index (χ0v) is 14.4. The lowest BCUT2D eigenvalue weighted by atomic mass is 10.1. The Morgan fingerprint density at radius 1 is 0.962 bits per heavy atom. The highest BCUT2D eigenvalue weighted by Crippen LogP contribution is 2.16. The van der Waals surface area contributed by atoms with Gasteiger partial charge in [-0.1, -0.05) is 6.07 Å². The van der Waals surface area contributed by atoms with Gasteiger partial charge in [0, 0.05) is 23.8 Å². The molecule has 0 bridgehead atoms. The molecule has 3 aromatic rings. The minimum Gasteiger partial charge on any atom is -0.324 e. The summed E-state index contributed by atoms with van der Waals surface area (Å²) in [5, 5.41) is 14.7. The van der Waals surface area contributed by atoms with Crippen LogP contribution in [-0.4, -0.2) is 15.9 Å². The van der Waals surface area contributed by atoms with E-state index in [1.54, 1.807) is 24.3 Å². The molecule has 128 valence electrons. The number of aryl methyl sites for hydroxylation is 2. The Kier molecular flexibility index (Phi) is 4.90. The van der Waals surface area contributed by atoms with Crippen LogP contribution < -0.4 is 10.6 Å². The smallest absolute Gasteiger partial charge is 0.258 e. The highest BCUT2D eigenvalue weighted by molar-refractivity contribution is 6.04. The van der Waals surface area contributed by atoms with Gasteiger partial charge in [-0.2, -0.15) is 5.26 Å². The number of nitrogens with one attached hydrogen (secondary N) is 2. The number of carbonyl (C=O) groups excluding carboxylic acids is 1. The van der Waals surface area contributed by atoms with Gasteiger partial charge in [-0.05, 0) is 61.4 Å². The molecule has 0 aliphatic rings. The molecule has 2 aromatic carbocycles. The standard InChI is InChI=1S/C20H17N5O/c1-13-7-14(2)9-18(8-13)24-19(26)16-11-22-20(23-12-16)25-17-5-3-15(10-21)4-6-17/h3-9,11-12H,1-2H3,(H,24,26)(H,22,23,25). The molecule has 1 amide bonds. The van der Waals surface area contributed by atoms with Crippen molar-refractivity contribution in [2.75, 3.05) is 10.6 Å². The van der Waals surface area contributed by atoms with E-state index in [9.17, 15) is 4.79 Å². The molecule has 6 heteroatoms. The highest BCUT2D eigenvalue weighted by atomic mass is 16.1. The molecule has 0 saturated carbocycles. The molecule has 1 aromatic heterocycles. The first-order valence-corrected chi connectivity index (χ1v) is 8.02. The fourth-order valence-corrected chi connectivity index (χ4v) is 2.52. The van der Waals surface area contributed by atoms with E-state index in [2.05, 4.69) is 26.7 Å². The molecule has 1 heterocycles. The summed E-state index contributed by atoms with van der Waals surface area (Å²) in [5.74, 6) is 0.109. The van der Waals surface area contributed by atoms with E-state index in [0.717, 1.165) is 22.5 Å². The van der Waals surface area contributed by atoms with Gasteiger partial charge >= 0.3 is 0 Å². The lowest BCUT2D eigenvalue weighted by molar-refractivity contribution is 0.102. The number of hydrogen-bond acceptors (Lipinski definition) is 5. The van der Waals surface area contributed by atoms with Crippen LogP contribution in [0.4, 0.5) is 17.3 Å². The summed E-state index contributed by atoms with van der Waals surface area (Å²) >= 11 is 0. The van der Waals surface area contributed by atoms with E-state index in [4.69, 9.17) is 5.26 Å². The maximum absolute atomic E-state index is 12.3. The van der Waals surface area contributed by atoms with Gasteiger partial charge in [0.15, 0.2) is 0 Å². The van der Waals surface area contributed by atoms with Crippen molar-refractivity contribution < 1.29 is 4.79 Å². The topological polar surface area (TPSA) is 90.7 Å². The van der Waals surface area contributed by atoms with E-state index < -0.39 is 0 Å². The number of nitrogens with zero attached hydrogens (tertiary/aromatic N) is 3. The molecule has 0 fully saturated rings. The van der Waals surface area contributed by atoms with Gasteiger partial charge in [0.25, 0.3) is 5.91 Å². The quantitative estimate of drug-likeness (QED) is 0.748. The minimum atomic E-state index is -0.264. The van der Waals surface area contributed by atoms with E-state index in [0.29, 0.717) is 17.1 Å². The van der Waals surface area contributed by atoms with Crippen molar-refractivity contribution in [1.29, 1.82) is 5.26 Å². The lowest BCUT2D eigenvalue weighted by Crippen LogP contribution is -2.13. The Morgan fingerprint density at radius 3 is 2.15 bits per heavy atom. The summed E-state index contributed by atoms with van der Waals surface area (Å²) in [4.78, 5) is 20.7. The highest BCUT2D eigenvalue weighted by Gasteiger charge is 2.08. The van der Waals surface area contributed by atoms with Crippen molar-refractivity contribution in [2.45, 2.75) is 13.8 Å². The second-order valence-electron chi connectivity index (χ2n) is 5.94. The summed E-state index contributed by atoms with van der Waals surface area (Å²) in [7, 11) is 0. The van der Waals surface area contributed by atoms with E-state index in [1.165, 1.54) is 12.4 Å². The second-order valence-corrected chi connectivity index (χ2v) is 5.94. The van der Waals surface area contributed by atoms with Gasteiger partial charge in [-0.25, -0.2) is 9.97 Å². The van der Waals surface area contributed by atoms with Crippen molar-refractivity contribution in [3.63, 3.8) is 0 Å². The summed E-state index contributed by atoms with van der Waals surface area (Å²) in [5.41, 5.74) is 4.62. The van der Waals surface area contributed by atoms with Gasteiger partial charge in [-0.15, -0.1) is 0 Å². The molecule has 0 aliphatic carbocycles. The van der Waals surface area contributed by atoms with E-state index in [1.807, 2.05) is 32.0 Å². The molecule has 0 unspecified atom stereocenters. The molecular weight excluding hydrogens is 326 g/mol. The van der Waals surface area contributed by atoms with E-state index >= 15 is 0 Å². The normalized spacial score (nSPS) is 10.0. The number of benzene rings is 2. The number of amides is 1. The summed E-state index contributed by atoms with van der Waals surface area (Å²) in [6.45, 7) is 3.96. The molecule has 0 aliphatic heterocycles. The van der Waals surface area contributed by atoms with Crippen LogP contribution in [0.3, 0.4) is 0 Å². The molecular formula is C20H17N5O. The maximum atomic E-state index is 12.3. The fourth-order valence-electron chi connectivity index (χ4n) is 2.52. The third-order valence-corrected chi connectivity index (χ3v) is 3.66. The summed E-state index contributed by atoms with van der Waals surface area (Å²) < 4.78 is 0. The molecule has 6 nitrogen and oxygen atoms in total. The van der Waals surface area contributed by atoms with Gasteiger partial charge < -0.3 is 10.6 Å². The third kappa shape index (κ3) is 4.22. The lowest BCUT2D eigenvalue weighted by Gasteiger charge is -2.08. The van der Waals surface area contributed by atoms with Crippen LogP contribution in [0.25, 0.3) is 0 Å². The number of aromatic nitrogens is 2. The first-order valence-electron chi connectivity index (χ1n) is 8.02. The maximum Gasteiger partial charge on any atom is 0.258 e. The van der Waals surface area contributed by atoms with Crippen molar-refractivity contribution >= 4 is 23.2 Å². The van der Waals surface area contributed by atoms with Crippen LogP contribution in [-0.2, 0) is 0 Å². The Bertz CT molecular complexity index is 952. The summed E-state index contributed by atoms with van der Waals surface area (Å²) in [6.07, 6.45) is 2.94. The average Bonchev–Trinajstić information content (AvgIpc) is 2.62. The zero-order chi connectivity index (χ0) is 18.5. The van der Waals surface area contributed by atoms with Crippen LogP contribution in [0.2, 0.25) is 0 Å². The molecule has 26 heavy (non-hydrogen) atoms. The van der Waals surface area contributed by atoms with Crippen molar-refractivity contribution in [3.8, 4) is 6.07 Å². The first-order chi connectivity index (χ1) is 12.5. The third-order valence-electron chi connectivity index (χ3n) is 3.66. The number of rotatable bonds is 4. The Hall–Kier alpha value is -3.72. The number of hydrogen-bond donors (Lipinski definition) is 2. The minimum absolute atomic E-state index is 0.264. The largest absolute Gasteiger partial charge is 0.324 e. The van der Waals surface area contributed by atoms with Crippen LogP contribution in [0, 0.1) is 25.2 Å². The summed E-state index contributed by atoms with van der Waals surface area (Å²) in [6, 6.07) is 14.9. The van der Waals surface area contributed by atoms with Gasteiger partial charge in [0.2, 0.25) is 5.95 Å². The Labute approximate surface area is 151 Å². The monoisotopic (exact) mass is 343 g/mol. The second kappa shape index (κ2) is 7.45. The van der Waals surface area contributed by atoms with Crippen molar-refractivity contribution in [2.24, 2.45) is 0 Å². The van der Waals surface area contributed by atoms with Crippen molar-refractivity contribution in [3.05, 3.63) is 77.1 Å². The van der Waals surface area contributed by atoms with E-state index in [-0.39, 0.29) is 5.91 Å². The molecule has 0 atom stereocenters. The van der Waals surface area contributed by atoms with Crippen molar-refractivity contribution in [1.82, 2.24) is 9.97 Å². The predicted molar refractivity (Wildman–Crippen MR) is 100 cm³/mol. The zero-order valence-electron chi connectivity index (χ0n) is 14.4. The van der Waals surface area contributed by atoms with Gasteiger partial charge in [0.1, 0.15) is 0 Å². The Morgan fingerprint density at radius 2 is 1.58 bits per heavy atom. The number of anilines is 3. The fraction of sp³-hybridized carbons (Fsp3) is 0.100. The van der Waals surface area contributed by atoms with Crippen LogP contribution in [0.5, 0.6) is 0 Å². The van der Waals surface area contributed by atoms with Crippen LogP contribution in [0.15, 0.2) is 54.9 Å². The van der Waals surface area contributed by atoms with Crippen LogP contribution >= 0.6 is 0 Å². The van der Waals surface area contributed by atoms with Gasteiger partial charge in [0.05, 0.1) is 17.2 Å².